The Bertz CT molecular complexity index is 1020. The third-order valence-electron chi connectivity index (χ3n) is 4.07. The van der Waals surface area contributed by atoms with E-state index >= 15 is 0 Å². The molecule has 0 bridgehead atoms. The second-order valence-electron chi connectivity index (χ2n) is 7.23. The zero-order valence-corrected chi connectivity index (χ0v) is 15.6. The number of esters is 1. The molecule has 3 aromatic rings. The van der Waals surface area contributed by atoms with E-state index in [1.54, 1.807) is 24.3 Å². The fourth-order valence-electron chi connectivity index (χ4n) is 2.74. The largest absolute Gasteiger partial charge is 0.482 e. The van der Waals surface area contributed by atoms with Gasteiger partial charge in [0.15, 0.2) is 6.61 Å². The van der Waals surface area contributed by atoms with Gasteiger partial charge in [0.05, 0.1) is 10.9 Å². The molecule has 0 saturated carbocycles. The number of aromatic nitrogens is 2. The first-order valence-corrected chi connectivity index (χ1v) is 8.70. The van der Waals surface area contributed by atoms with Crippen molar-refractivity contribution in [3.8, 4) is 5.75 Å². The van der Waals surface area contributed by atoms with Crippen LogP contribution in [0.5, 0.6) is 5.75 Å². The van der Waals surface area contributed by atoms with Gasteiger partial charge in [0.2, 0.25) is 0 Å². The molecule has 0 saturated heterocycles. The standard InChI is InChI=1S/C21H22N2O4/c1-21(2,3)15-9-5-7-11-17(15)26-13-19(24)27-12-18-22-16-10-6-4-8-14(16)20(25)23-18/h4-11H,12-13H2,1-3H3,(H,22,23,25). The zero-order chi connectivity index (χ0) is 19.4. The van der Waals surface area contributed by atoms with Crippen LogP contribution >= 0.6 is 0 Å². The molecular formula is C21H22N2O4. The number of benzene rings is 2. The van der Waals surface area contributed by atoms with Crippen molar-refractivity contribution in [1.29, 1.82) is 0 Å². The fraction of sp³-hybridized carbons (Fsp3) is 0.286. The van der Waals surface area contributed by atoms with Crippen molar-refractivity contribution in [2.24, 2.45) is 0 Å². The summed E-state index contributed by atoms with van der Waals surface area (Å²) in [6.07, 6.45) is 0. The Labute approximate surface area is 157 Å². The molecule has 0 aliphatic carbocycles. The van der Waals surface area contributed by atoms with Crippen LogP contribution in [-0.4, -0.2) is 22.5 Å². The number of carbonyl (C=O) groups is 1. The van der Waals surface area contributed by atoms with Gasteiger partial charge in [-0.3, -0.25) is 4.79 Å². The Morgan fingerprint density at radius 1 is 1.07 bits per heavy atom. The summed E-state index contributed by atoms with van der Waals surface area (Å²) >= 11 is 0. The minimum atomic E-state index is -0.533. The van der Waals surface area contributed by atoms with E-state index in [4.69, 9.17) is 9.47 Å². The number of nitrogens with zero attached hydrogens (tertiary/aromatic N) is 1. The minimum Gasteiger partial charge on any atom is -0.482 e. The third-order valence-corrected chi connectivity index (χ3v) is 4.07. The molecular weight excluding hydrogens is 344 g/mol. The summed E-state index contributed by atoms with van der Waals surface area (Å²) in [7, 11) is 0. The Morgan fingerprint density at radius 2 is 1.78 bits per heavy atom. The van der Waals surface area contributed by atoms with Crippen molar-refractivity contribution < 1.29 is 14.3 Å². The number of carbonyl (C=O) groups excluding carboxylic acids is 1. The van der Waals surface area contributed by atoms with E-state index in [9.17, 15) is 9.59 Å². The summed E-state index contributed by atoms with van der Waals surface area (Å²) in [6.45, 7) is 5.90. The third kappa shape index (κ3) is 4.53. The van der Waals surface area contributed by atoms with Crippen LogP contribution in [0, 0.1) is 0 Å². The number of rotatable bonds is 5. The molecule has 0 radical (unpaired) electrons. The van der Waals surface area contributed by atoms with Gasteiger partial charge in [-0.05, 0) is 29.2 Å². The van der Waals surface area contributed by atoms with Crippen molar-refractivity contribution >= 4 is 16.9 Å². The normalized spacial score (nSPS) is 11.4. The Hall–Kier alpha value is -3.15. The second kappa shape index (κ2) is 7.61. The first kappa shape index (κ1) is 18.6. The molecule has 0 aliphatic rings. The number of ether oxygens (including phenoxy) is 2. The van der Waals surface area contributed by atoms with E-state index < -0.39 is 5.97 Å². The number of nitrogens with one attached hydrogen (secondary N) is 1. The molecule has 0 aliphatic heterocycles. The highest BCUT2D eigenvalue weighted by molar-refractivity contribution is 5.77. The predicted molar refractivity (Wildman–Crippen MR) is 103 cm³/mol. The fourth-order valence-corrected chi connectivity index (χ4v) is 2.74. The maximum Gasteiger partial charge on any atom is 0.344 e. The van der Waals surface area contributed by atoms with Crippen LogP contribution in [0.2, 0.25) is 0 Å². The molecule has 0 fully saturated rings. The topological polar surface area (TPSA) is 81.3 Å². The van der Waals surface area contributed by atoms with Gasteiger partial charge in [0.25, 0.3) is 5.56 Å². The van der Waals surface area contributed by atoms with Gasteiger partial charge >= 0.3 is 5.97 Å². The summed E-state index contributed by atoms with van der Waals surface area (Å²) in [5.41, 5.74) is 1.21. The van der Waals surface area contributed by atoms with Crippen LogP contribution in [0.4, 0.5) is 0 Å². The number of hydrogen-bond acceptors (Lipinski definition) is 5. The van der Waals surface area contributed by atoms with Crippen molar-refractivity contribution in [1.82, 2.24) is 9.97 Å². The van der Waals surface area contributed by atoms with Crippen LogP contribution in [-0.2, 0) is 21.6 Å². The molecule has 2 aromatic carbocycles. The Morgan fingerprint density at radius 3 is 2.56 bits per heavy atom. The van der Waals surface area contributed by atoms with Crippen molar-refractivity contribution in [2.75, 3.05) is 6.61 Å². The van der Waals surface area contributed by atoms with Gasteiger partial charge in [-0.1, -0.05) is 51.1 Å². The molecule has 27 heavy (non-hydrogen) atoms. The number of H-pyrrole nitrogens is 1. The lowest BCUT2D eigenvalue weighted by molar-refractivity contribution is -0.147. The van der Waals surface area contributed by atoms with Gasteiger partial charge in [-0.2, -0.15) is 0 Å². The van der Waals surface area contributed by atoms with Crippen LogP contribution in [0.1, 0.15) is 32.2 Å². The van der Waals surface area contributed by atoms with Crippen LogP contribution in [0.25, 0.3) is 10.9 Å². The Kier molecular flexibility index (Phi) is 5.26. The lowest BCUT2D eigenvalue weighted by atomic mass is 9.86. The predicted octanol–water partition coefficient (Wildman–Crippen LogP) is 3.34. The SMILES string of the molecule is CC(C)(C)c1ccccc1OCC(=O)OCc1nc2ccccc2c(=O)[nH]1. The molecule has 3 rings (SSSR count). The number of hydrogen-bond donors (Lipinski definition) is 1. The van der Waals surface area contributed by atoms with E-state index in [1.165, 1.54) is 0 Å². The quantitative estimate of drug-likeness (QED) is 0.701. The summed E-state index contributed by atoms with van der Waals surface area (Å²) in [4.78, 5) is 31.0. The van der Waals surface area contributed by atoms with Crippen LogP contribution < -0.4 is 10.3 Å². The van der Waals surface area contributed by atoms with Crippen LogP contribution in [0.15, 0.2) is 53.3 Å². The lowest BCUT2D eigenvalue weighted by Gasteiger charge is -2.22. The first-order chi connectivity index (χ1) is 12.8. The van der Waals surface area contributed by atoms with E-state index in [0.717, 1.165) is 5.56 Å². The minimum absolute atomic E-state index is 0.102. The van der Waals surface area contributed by atoms with Crippen molar-refractivity contribution in [3.05, 3.63) is 70.3 Å². The smallest absolute Gasteiger partial charge is 0.344 e. The highest BCUT2D eigenvalue weighted by Gasteiger charge is 2.19. The molecule has 1 aromatic heterocycles. The molecule has 0 amide bonds. The van der Waals surface area contributed by atoms with Crippen molar-refractivity contribution in [3.63, 3.8) is 0 Å². The van der Waals surface area contributed by atoms with Gasteiger partial charge in [-0.15, -0.1) is 0 Å². The van der Waals surface area contributed by atoms with E-state index in [1.807, 2.05) is 24.3 Å². The van der Waals surface area contributed by atoms with Gasteiger partial charge in [0, 0.05) is 0 Å². The summed E-state index contributed by atoms with van der Waals surface area (Å²) < 4.78 is 10.8. The summed E-state index contributed by atoms with van der Waals surface area (Å²) in [6, 6.07) is 14.6. The molecule has 1 N–H and O–H groups in total. The molecule has 0 spiro atoms. The molecule has 0 unspecified atom stereocenters. The monoisotopic (exact) mass is 366 g/mol. The average Bonchev–Trinajstić information content (AvgIpc) is 2.64. The number of para-hydroxylation sites is 2. The zero-order valence-electron chi connectivity index (χ0n) is 15.6. The maximum atomic E-state index is 12.0. The first-order valence-electron chi connectivity index (χ1n) is 8.70. The Balaban J connectivity index is 1.62. The van der Waals surface area contributed by atoms with E-state index in [0.29, 0.717) is 22.5 Å². The van der Waals surface area contributed by atoms with E-state index in [-0.39, 0.29) is 24.2 Å². The van der Waals surface area contributed by atoms with Gasteiger partial charge in [0.1, 0.15) is 18.2 Å². The van der Waals surface area contributed by atoms with Crippen LogP contribution in [0.3, 0.4) is 0 Å². The van der Waals surface area contributed by atoms with Crippen molar-refractivity contribution in [2.45, 2.75) is 32.8 Å². The summed E-state index contributed by atoms with van der Waals surface area (Å²) in [5, 5.41) is 0.495. The molecule has 0 atom stereocenters. The number of aromatic amines is 1. The molecule has 140 valence electrons. The maximum absolute atomic E-state index is 12.0. The summed E-state index contributed by atoms with van der Waals surface area (Å²) in [5.74, 6) is 0.413. The van der Waals surface area contributed by atoms with Gasteiger partial charge < -0.3 is 14.5 Å². The highest BCUT2D eigenvalue weighted by Crippen LogP contribution is 2.30. The number of fused-ring (bicyclic) bond motifs is 1. The van der Waals surface area contributed by atoms with E-state index in [2.05, 4.69) is 30.7 Å². The molecule has 6 nitrogen and oxygen atoms in total. The highest BCUT2D eigenvalue weighted by atomic mass is 16.6. The lowest BCUT2D eigenvalue weighted by Crippen LogP contribution is -2.19. The second-order valence-corrected chi connectivity index (χ2v) is 7.23. The average molecular weight is 366 g/mol. The van der Waals surface area contributed by atoms with Gasteiger partial charge in [-0.25, -0.2) is 9.78 Å². The molecule has 6 heteroatoms. The molecule has 1 heterocycles.